The van der Waals surface area contributed by atoms with Crippen molar-refractivity contribution in [3.8, 4) is 11.6 Å². The zero-order chi connectivity index (χ0) is 14.3. The SMILES string of the molecule is CC(=O)Cc1cc2nc(C)nn2c(-c2ccc(Br)o2)n1. The average Bonchev–Trinajstić information content (AvgIpc) is 2.92. The number of hydrogen-bond donors (Lipinski definition) is 0. The highest BCUT2D eigenvalue weighted by Crippen LogP contribution is 2.24. The van der Waals surface area contributed by atoms with Crippen molar-refractivity contribution in [3.05, 3.63) is 34.4 Å². The van der Waals surface area contributed by atoms with E-state index in [1.165, 1.54) is 6.92 Å². The molecule has 0 aliphatic rings. The first-order valence-corrected chi connectivity index (χ1v) is 6.80. The smallest absolute Gasteiger partial charge is 0.199 e. The predicted octanol–water partition coefficient (Wildman–Crippen LogP) is 2.59. The van der Waals surface area contributed by atoms with E-state index in [-0.39, 0.29) is 12.2 Å². The van der Waals surface area contributed by atoms with Gasteiger partial charge in [-0.1, -0.05) is 0 Å². The Bertz CT molecular complexity index is 806. The molecule has 0 bridgehead atoms. The van der Waals surface area contributed by atoms with E-state index < -0.39 is 0 Å². The number of fused-ring (bicyclic) bond motifs is 1. The second-order valence-electron chi connectivity index (χ2n) is 4.48. The molecule has 0 aromatic carbocycles. The van der Waals surface area contributed by atoms with Crippen molar-refractivity contribution >= 4 is 27.4 Å². The lowest BCUT2D eigenvalue weighted by Gasteiger charge is -2.03. The summed E-state index contributed by atoms with van der Waals surface area (Å²) in [6.07, 6.45) is 0.261. The molecule has 3 aromatic heterocycles. The molecule has 0 atom stereocenters. The average molecular weight is 335 g/mol. The molecule has 0 fully saturated rings. The third-order valence-corrected chi connectivity index (χ3v) is 3.13. The summed E-state index contributed by atoms with van der Waals surface area (Å²) in [6.45, 7) is 3.34. The molecule has 3 aromatic rings. The number of ketones is 1. The van der Waals surface area contributed by atoms with Crippen LogP contribution in [0.1, 0.15) is 18.4 Å². The molecule has 0 radical (unpaired) electrons. The van der Waals surface area contributed by atoms with Gasteiger partial charge in [-0.15, -0.1) is 5.10 Å². The minimum atomic E-state index is 0.0460. The maximum Gasteiger partial charge on any atom is 0.199 e. The largest absolute Gasteiger partial charge is 0.446 e. The molecule has 102 valence electrons. The van der Waals surface area contributed by atoms with Crippen molar-refractivity contribution in [2.45, 2.75) is 20.3 Å². The molecule has 0 amide bonds. The van der Waals surface area contributed by atoms with Crippen molar-refractivity contribution in [2.75, 3.05) is 0 Å². The van der Waals surface area contributed by atoms with Crippen LogP contribution >= 0.6 is 15.9 Å². The monoisotopic (exact) mass is 334 g/mol. The number of halogens is 1. The zero-order valence-electron chi connectivity index (χ0n) is 10.9. The standard InChI is InChI=1S/C13H11BrN4O2/c1-7(19)5-9-6-12-15-8(2)17-18(12)13(16-9)10-3-4-11(14)20-10/h3-4,6H,5H2,1-2H3. The summed E-state index contributed by atoms with van der Waals surface area (Å²) in [5, 5.41) is 4.30. The second-order valence-corrected chi connectivity index (χ2v) is 5.26. The van der Waals surface area contributed by atoms with Gasteiger partial charge >= 0.3 is 0 Å². The number of hydrogen-bond acceptors (Lipinski definition) is 5. The summed E-state index contributed by atoms with van der Waals surface area (Å²) >= 11 is 3.26. The van der Waals surface area contributed by atoms with Gasteiger partial charge in [0.1, 0.15) is 11.6 Å². The lowest BCUT2D eigenvalue weighted by Crippen LogP contribution is -2.05. The Morgan fingerprint density at radius 3 is 2.85 bits per heavy atom. The molecular formula is C13H11BrN4O2. The first-order valence-electron chi connectivity index (χ1n) is 6.01. The fourth-order valence-electron chi connectivity index (χ4n) is 1.98. The Kier molecular flexibility index (Phi) is 3.13. The Morgan fingerprint density at radius 1 is 1.40 bits per heavy atom. The summed E-state index contributed by atoms with van der Waals surface area (Å²) < 4.78 is 7.75. The summed E-state index contributed by atoms with van der Waals surface area (Å²) in [4.78, 5) is 20.1. The number of aromatic nitrogens is 4. The summed E-state index contributed by atoms with van der Waals surface area (Å²) in [5.74, 6) is 1.78. The van der Waals surface area contributed by atoms with Gasteiger partial charge in [0.15, 0.2) is 21.9 Å². The van der Waals surface area contributed by atoms with Crippen LogP contribution in [0.2, 0.25) is 0 Å². The fourth-order valence-corrected chi connectivity index (χ4v) is 2.29. The van der Waals surface area contributed by atoms with Crippen molar-refractivity contribution in [1.29, 1.82) is 0 Å². The first-order chi connectivity index (χ1) is 9.52. The third kappa shape index (κ3) is 2.36. The Morgan fingerprint density at radius 2 is 2.20 bits per heavy atom. The topological polar surface area (TPSA) is 73.3 Å². The van der Waals surface area contributed by atoms with Crippen LogP contribution in [0.25, 0.3) is 17.2 Å². The van der Waals surface area contributed by atoms with Gasteiger partial charge in [-0.05, 0) is 41.9 Å². The number of aryl methyl sites for hydroxylation is 1. The molecule has 0 aliphatic heterocycles. The van der Waals surface area contributed by atoms with E-state index in [0.717, 1.165) is 0 Å². The molecule has 3 rings (SSSR count). The molecule has 7 heteroatoms. The molecular weight excluding hydrogens is 324 g/mol. The summed E-state index contributed by atoms with van der Waals surface area (Å²) in [5.41, 5.74) is 1.30. The van der Waals surface area contributed by atoms with E-state index in [2.05, 4.69) is 31.0 Å². The molecule has 3 heterocycles. The minimum Gasteiger partial charge on any atom is -0.446 e. The fraction of sp³-hybridized carbons (Fsp3) is 0.231. The van der Waals surface area contributed by atoms with Crippen molar-refractivity contribution in [3.63, 3.8) is 0 Å². The molecule has 6 nitrogen and oxygen atoms in total. The number of furan rings is 1. The molecule has 0 spiro atoms. The zero-order valence-corrected chi connectivity index (χ0v) is 12.5. The number of nitrogens with zero attached hydrogens (tertiary/aromatic N) is 4. The molecule has 0 aliphatic carbocycles. The summed E-state index contributed by atoms with van der Waals surface area (Å²) in [7, 11) is 0. The van der Waals surface area contributed by atoms with Crippen molar-refractivity contribution in [2.24, 2.45) is 0 Å². The molecule has 0 unspecified atom stereocenters. The normalized spacial score (nSPS) is 11.2. The van der Waals surface area contributed by atoms with E-state index >= 15 is 0 Å². The molecule has 0 saturated heterocycles. The first kappa shape index (κ1) is 13.0. The third-order valence-electron chi connectivity index (χ3n) is 2.71. The minimum absolute atomic E-state index is 0.0460. The van der Waals surface area contributed by atoms with Crippen LogP contribution in [-0.4, -0.2) is 25.4 Å². The Balaban J connectivity index is 2.24. The molecule has 0 saturated carbocycles. The summed E-state index contributed by atoms with van der Waals surface area (Å²) in [6, 6.07) is 5.34. The van der Waals surface area contributed by atoms with E-state index in [1.54, 1.807) is 29.6 Å². The van der Waals surface area contributed by atoms with Gasteiger partial charge in [-0.2, -0.15) is 4.52 Å². The number of Topliss-reactive ketones (excluding diaryl/α,β-unsaturated/α-hetero) is 1. The van der Waals surface area contributed by atoms with E-state index in [0.29, 0.717) is 33.4 Å². The number of carbonyl (C=O) groups excluding carboxylic acids is 1. The van der Waals surface area contributed by atoms with Crippen LogP contribution in [0.15, 0.2) is 27.3 Å². The van der Waals surface area contributed by atoms with Gasteiger partial charge < -0.3 is 4.42 Å². The van der Waals surface area contributed by atoms with E-state index in [1.807, 2.05) is 0 Å². The van der Waals surface area contributed by atoms with E-state index in [4.69, 9.17) is 4.42 Å². The molecule has 0 N–H and O–H groups in total. The highest BCUT2D eigenvalue weighted by molar-refractivity contribution is 9.10. The van der Waals surface area contributed by atoms with E-state index in [9.17, 15) is 4.79 Å². The quantitative estimate of drug-likeness (QED) is 0.736. The van der Waals surface area contributed by atoms with Crippen molar-refractivity contribution in [1.82, 2.24) is 19.6 Å². The van der Waals surface area contributed by atoms with Crippen LogP contribution in [0.3, 0.4) is 0 Å². The highest BCUT2D eigenvalue weighted by atomic mass is 79.9. The van der Waals surface area contributed by atoms with Gasteiger partial charge in [0.05, 0.1) is 5.69 Å². The maximum atomic E-state index is 11.3. The molecule has 20 heavy (non-hydrogen) atoms. The highest BCUT2D eigenvalue weighted by Gasteiger charge is 2.15. The maximum absolute atomic E-state index is 11.3. The lowest BCUT2D eigenvalue weighted by molar-refractivity contribution is -0.116. The number of rotatable bonds is 3. The lowest BCUT2D eigenvalue weighted by atomic mass is 10.2. The predicted molar refractivity (Wildman–Crippen MR) is 75.3 cm³/mol. The Labute approximate surface area is 123 Å². The van der Waals surface area contributed by atoms with Crippen LogP contribution in [0.5, 0.6) is 0 Å². The van der Waals surface area contributed by atoms with Crippen LogP contribution < -0.4 is 0 Å². The van der Waals surface area contributed by atoms with Gasteiger partial charge in [0.25, 0.3) is 0 Å². The van der Waals surface area contributed by atoms with Gasteiger partial charge in [-0.25, -0.2) is 9.97 Å². The van der Waals surface area contributed by atoms with Crippen LogP contribution in [0.4, 0.5) is 0 Å². The van der Waals surface area contributed by atoms with Gasteiger partial charge in [0, 0.05) is 12.5 Å². The number of carbonyl (C=O) groups is 1. The van der Waals surface area contributed by atoms with Crippen LogP contribution in [-0.2, 0) is 11.2 Å². The second kappa shape index (κ2) is 4.82. The van der Waals surface area contributed by atoms with Gasteiger partial charge in [0.2, 0.25) is 0 Å². The van der Waals surface area contributed by atoms with Gasteiger partial charge in [-0.3, -0.25) is 4.79 Å². The Hall–Kier alpha value is -2.02. The van der Waals surface area contributed by atoms with Crippen molar-refractivity contribution < 1.29 is 9.21 Å². The van der Waals surface area contributed by atoms with Crippen LogP contribution in [0, 0.1) is 6.92 Å².